The lowest BCUT2D eigenvalue weighted by atomic mass is 10.2. The third-order valence-corrected chi connectivity index (χ3v) is 4.74. The molecule has 3 nitrogen and oxygen atoms in total. The summed E-state index contributed by atoms with van der Waals surface area (Å²) in [5.74, 6) is 0.832. The van der Waals surface area contributed by atoms with Crippen molar-refractivity contribution < 1.29 is 0 Å². The highest BCUT2D eigenvalue weighted by Gasteiger charge is 2.05. The summed E-state index contributed by atoms with van der Waals surface area (Å²) in [5.41, 5.74) is 8.81. The maximum absolute atomic E-state index is 5.90. The molecule has 5 heteroatoms. The van der Waals surface area contributed by atoms with Crippen LogP contribution in [0.5, 0.6) is 0 Å². The van der Waals surface area contributed by atoms with E-state index in [1.165, 1.54) is 5.56 Å². The van der Waals surface area contributed by atoms with Crippen LogP contribution in [0.3, 0.4) is 0 Å². The molecule has 0 aliphatic heterocycles. The van der Waals surface area contributed by atoms with Crippen molar-refractivity contribution in [3.05, 3.63) is 58.8 Å². The number of hydrogen-bond donors (Lipinski definition) is 1. The zero-order valence-electron chi connectivity index (χ0n) is 10.6. The molecule has 100 valence electrons. The van der Waals surface area contributed by atoms with Crippen LogP contribution in [0.15, 0.2) is 58.3 Å². The molecule has 0 aliphatic carbocycles. The number of fused-ring (bicyclic) bond motifs is 1. The third-order valence-electron chi connectivity index (χ3n) is 2.94. The van der Waals surface area contributed by atoms with Crippen molar-refractivity contribution >= 4 is 44.3 Å². The van der Waals surface area contributed by atoms with Crippen molar-refractivity contribution in [2.24, 2.45) is 0 Å². The fraction of sp³-hybridized carbons (Fsp3) is 0.0667. The lowest BCUT2D eigenvalue weighted by Gasteiger charge is -2.06. The number of aromatic nitrogens is 2. The molecule has 1 aromatic heterocycles. The molecule has 0 radical (unpaired) electrons. The molecule has 2 aromatic carbocycles. The van der Waals surface area contributed by atoms with Gasteiger partial charge < -0.3 is 5.73 Å². The Morgan fingerprint density at radius 3 is 2.80 bits per heavy atom. The monoisotopic (exact) mass is 345 g/mol. The van der Waals surface area contributed by atoms with E-state index >= 15 is 0 Å². The van der Waals surface area contributed by atoms with Crippen molar-refractivity contribution in [3.63, 3.8) is 0 Å². The maximum atomic E-state index is 5.90. The summed E-state index contributed by atoms with van der Waals surface area (Å²) in [6, 6.07) is 14.1. The van der Waals surface area contributed by atoms with Crippen molar-refractivity contribution in [2.75, 3.05) is 5.73 Å². The summed E-state index contributed by atoms with van der Waals surface area (Å²) >= 11 is 5.10. The van der Waals surface area contributed by atoms with E-state index in [9.17, 15) is 0 Å². The Morgan fingerprint density at radius 1 is 1.10 bits per heavy atom. The first-order chi connectivity index (χ1) is 9.74. The van der Waals surface area contributed by atoms with Crippen molar-refractivity contribution in [3.8, 4) is 0 Å². The highest BCUT2D eigenvalue weighted by molar-refractivity contribution is 9.10. The van der Waals surface area contributed by atoms with Crippen molar-refractivity contribution in [2.45, 2.75) is 10.8 Å². The number of benzene rings is 2. The van der Waals surface area contributed by atoms with E-state index in [0.717, 1.165) is 31.8 Å². The van der Waals surface area contributed by atoms with Gasteiger partial charge in [0.05, 0.1) is 5.52 Å². The Morgan fingerprint density at radius 2 is 1.95 bits per heavy atom. The number of nitrogens with two attached hydrogens (primary N) is 1. The van der Waals surface area contributed by atoms with Gasteiger partial charge in [-0.15, -0.1) is 11.8 Å². The number of thioether (sulfide) groups is 1. The molecule has 0 atom stereocenters. The topological polar surface area (TPSA) is 51.8 Å². The summed E-state index contributed by atoms with van der Waals surface area (Å²) in [5, 5.41) is 2.09. The smallest absolute Gasteiger partial charge is 0.117 e. The molecule has 3 aromatic rings. The zero-order valence-corrected chi connectivity index (χ0v) is 13.0. The van der Waals surface area contributed by atoms with Crippen LogP contribution in [-0.2, 0) is 5.75 Å². The molecule has 0 fully saturated rings. The van der Waals surface area contributed by atoms with Gasteiger partial charge in [-0.3, -0.25) is 0 Å². The number of anilines is 1. The van der Waals surface area contributed by atoms with E-state index in [2.05, 4.69) is 32.0 Å². The molecular formula is C15H12BrN3S. The van der Waals surface area contributed by atoms with Crippen LogP contribution in [0.25, 0.3) is 10.9 Å². The largest absolute Gasteiger partial charge is 0.398 e. The lowest BCUT2D eigenvalue weighted by Crippen LogP contribution is -1.90. The number of nitrogens with zero attached hydrogens (tertiary/aromatic N) is 2. The van der Waals surface area contributed by atoms with Crippen LogP contribution in [0, 0.1) is 0 Å². The molecule has 0 saturated carbocycles. The van der Waals surface area contributed by atoms with Gasteiger partial charge in [-0.05, 0) is 39.7 Å². The van der Waals surface area contributed by atoms with Gasteiger partial charge in [0.2, 0.25) is 0 Å². The Labute approximate surface area is 129 Å². The van der Waals surface area contributed by atoms with Gasteiger partial charge in [0.1, 0.15) is 11.4 Å². The van der Waals surface area contributed by atoms with E-state index < -0.39 is 0 Å². The minimum atomic E-state index is 0.760. The Bertz CT molecular complexity index is 756. The highest BCUT2D eigenvalue weighted by Crippen LogP contribution is 2.29. The highest BCUT2D eigenvalue weighted by atomic mass is 79.9. The maximum Gasteiger partial charge on any atom is 0.117 e. The van der Waals surface area contributed by atoms with Crippen molar-refractivity contribution in [1.82, 2.24) is 9.97 Å². The van der Waals surface area contributed by atoms with Gasteiger partial charge in [0.15, 0.2) is 0 Å². The molecule has 0 spiro atoms. The quantitative estimate of drug-likeness (QED) is 0.437. The Kier molecular flexibility index (Phi) is 3.89. The fourth-order valence-corrected chi connectivity index (χ4v) is 3.11. The van der Waals surface area contributed by atoms with Crippen LogP contribution in [-0.4, -0.2) is 9.97 Å². The third kappa shape index (κ3) is 2.78. The van der Waals surface area contributed by atoms with Gasteiger partial charge in [-0.2, -0.15) is 0 Å². The fourth-order valence-electron chi connectivity index (χ4n) is 1.93. The normalized spacial score (nSPS) is 10.8. The first-order valence-corrected chi connectivity index (χ1v) is 7.88. The van der Waals surface area contributed by atoms with Gasteiger partial charge in [-0.1, -0.05) is 24.3 Å². The molecule has 0 unspecified atom stereocenters. The van der Waals surface area contributed by atoms with E-state index in [4.69, 9.17) is 5.73 Å². The summed E-state index contributed by atoms with van der Waals surface area (Å²) in [4.78, 5) is 8.65. The second-order valence-corrected chi connectivity index (χ2v) is 6.16. The zero-order chi connectivity index (χ0) is 13.9. The first kappa shape index (κ1) is 13.4. The van der Waals surface area contributed by atoms with E-state index in [-0.39, 0.29) is 0 Å². The number of halogens is 1. The molecule has 0 bridgehead atoms. The SMILES string of the molecule is Nc1cc(CSc2ncnc3ccccc23)ccc1Br. The summed E-state index contributed by atoms with van der Waals surface area (Å²) in [6.45, 7) is 0. The van der Waals surface area contributed by atoms with Crippen LogP contribution in [0.1, 0.15) is 5.56 Å². The molecule has 1 heterocycles. The minimum absolute atomic E-state index is 0.760. The summed E-state index contributed by atoms with van der Waals surface area (Å²) in [6.07, 6.45) is 1.61. The van der Waals surface area contributed by atoms with Gasteiger partial charge >= 0.3 is 0 Å². The molecule has 0 aliphatic rings. The average Bonchev–Trinajstić information content (AvgIpc) is 2.48. The number of hydrogen-bond acceptors (Lipinski definition) is 4. The van der Waals surface area contributed by atoms with Gasteiger partial charge in [0.25, 0.3) is 0 Å². The second kappa shape index (κ2) is 5.81. The van der Waals surface area contributed by atoms with E-state index in [0.29, 0.717) is 0 Å². The van der Waals surface area contributed by atoms with E-state index in [1.54, 1.807) is 18.1 Å². The van der Waals surface area contributed by atoms with Crippen LogP contribution >= 0.6 is 27.7 Å². The van der Waals surface area contributed by atoms with Gasteiger partial charge in [0, 0.05) is 21.3 Å². The minimum Gasteiger partial charge on any atom is -0.398 e. The molecule has 0 saturated heterocycles. The summed E-state index contributed by atoms with van der Waals surface area (Å²) < 4.78 is 0.929. The average molecular weight is 346 g/mol. The second-order valence-electron chi connectivity index (χ2n) is 4.34. The molecule has 20 heavy (non-hydrogen) atoms. The van der Waals surface area contributed by atoms with E-state index in [1.807, 2.05) is 36.4 Å². The lowest BCUT2D eigenvalue weighted by molar-refractivity contribution is 1.10. The van der Waals surface area contributed by atoms with Crippen molar-refractivity contribution in [1.29, 1.82) is 0 Å². The first-order valence-electron chi connectivity index (χ1n) is 6.10. The van der Waals surface area contributed by atoms with Gasteiger partial charge in [-0.25, -0.2) is 9.97 Å². The molecular weight excluding hydrogens is 334 g/mol. The summed E-state index contributed by atoms with van der Waals surface area (Å²) in [7, 11) is 0. The van der Waals surface area contributed by atoms with Crippen LogP contribution in [0.2, 0.25) is 0 Å². The van der Waals surface area contributed by atoms with Crippen LogP contribution < -0.4 is 5.73 Å². The van der Waals surface area contributed by atoms with Crippen LogP contribution in [0.4, 0.5) is 5.69 Å². The number of rotatable bonds is 3. The predicted octanol–water partition coefficient (Wildman–Crippen LogP) is 4.27. The number of nitrogen functional groups attached to an aromatic ring is 1. The Balaban J connectivity index is 1.85. The number of para-hydroxylation sites is 1. The predicted molar refractivity (Wildman–Crippen MR) is 87.7 cm³/mol. The molecule has 3 rings (SSSR count). The molecule has 2 N–H and O–H groups in total. The Hall–Kier alpha value is -1.59. The molecule has 0 amide bonds. The standard InChI is InChI=1S/C15H12BrN3S/c16-12-6-5-10(7-13(12)17)8-20-15-11-3-1-2-4-14(11)18-9-19-15/h1-7,9H,8,17H2.